The molecule has 0 unspecified atom stereocenters. The topological polar surface area (TPSA) is 50.4 Å². The van der Waals surface area contributed by atoms with E-state index in [9.17, 15) is 4.79 Å². The van der Waals surface area contributed by atoms with Crippen LogP contribution in [0.3, 0.4) is 0 Å². The van der Waals surface area contributed by atoms with Crippen LogP contribution < -0.4 is 15.4 Å². The van der Waals surface area contributed by atoms with Crippen molar-refractivity contribution in [3.05, 3.63) is 54.1 Å². The highest BCUT2D eigenvalue weighted by Crippen LogP contribution is 2.18. The van der Waals surface area contributed by atoms with Gasteiger partial charge >= 0.3 is 0 Å². The van der Waals surface area contributed by atoms with Gasteiger partial charge in [-0.3, -0.25) is 4.79 Å². The molecule has 21 heavy (non-hydrogen) atoms. The molecule has 0 aromatic heterocycles. The van der Waals surface area contributed by atoms with E-state index in [4.69, 9.17) is 4.74 Å². The minimum absolute atomic E-state index is 0.133. The molecule has 2 aromatic rings. The van der Waals surface area contributed by atoms with Crippen LogP contribution in [0.15, 0.2) is 48.5 Å². The highest BCUT2D eigenvalue weighted by atomic mass is 16.5. The summed E-state index contributed by atoms with van der Waals surface area (Å²) in [7, 11) is 0. The van der Waals surface area contributed by atoms with E-state index >= 15 is 0 Å². The van der Waals surface area contributed by atoms with Crippen molar-refractivity contribution in [1.82, 2.24) is 0 Å². The van der Waals surface area contributed by atoms with Gasteiger partial charge in [0.25, 0.3) is 5.91 Å². The lowest BCUT2D eigenvalue weighted by Gasteiger charge is -2.09. The van der Waals surface area contributed by atoms with Gasteiger partial charge in [-0.2, -0.15) is 0 Å². The smallest absolute Gasteiger partial charge is 0.255 e. The van der Waals surface area contributed by atoms with Crippen LogP contribution in [-0.4, -0.2) is 19.1 Å². The second kappa shape index (κ2) is 7.33. The molecule has 2 aromatic carbocycles. The van der Waals surface area contributed by atoms with Crippen LogP contribution in [0.25, 0.3) is 0 Å². The maximum absolute atomic E-state index is 12.2. The Hall–Kier alpha value is -2.49. The number of carbonyl (C=O) groups is 1. The Morgan fingerprint density at radius 3 is 2.48 bits per heavy atom. The summed E-state index contributed by atoms with van der Waals surface area (Å²) in [5.74, 6) is 0.615. The van der Waals surface area contributed by atoms with Gasteiger partial charge in [0.2, 0.25) is 0 Å². The molecule has 0 saturated heterocycles. The van der Waals surface area contributed by atoms with E-state index < -0.39 is 0 Å². The summed E-state index contributed by atoms with van der Waals surface area (Å²) < 4.78 is 5.42. The lowest BCUT2D eigenvalue weighted by molar-refractivity contribution is 0.102. The van der Waals surface area contributed by atoms with E-state index in [2.05, 4.69) is 10.6 Å². The van der Waals surface area contributed by atoms with Crippen molar-refractivity contribution >= 4 is 17.3 Å². The van der Waals surface area contributed by atoms with Crippen molar-refractivity contribution in [2.24, 2.45) is 0 Å². The van der Waals surface area contributed by atoms with Crippen molar-refractivity contribution in [3.63, 3.8) is 0 Å². The summed E-state index contributed by atoms with van der Waals surface area (Å²) in [5, 5.41) is 6.07. The first-order chi connectivity index (χ1) is 10.2. The quantitative estimate of drug-likeness (QED) is 0.849. The van der Waals surface area contributed by atoms with Crippen LogP contribution >= 0.6 is 0 Å². The molecule has 0 spiro atoms. The lowest BCUT2D eigenvalue weighted by Crippen LogP contribution is -2.12. The van der Waals surface area contributed by atoms with E-state index in [0.717, 1.165) is 23.7 Å². The summed E-state index contributed by atoms with van der Waals surface area (Å²) in [6, 6.07) is 14.8. The molecule has 0 aliphatic heterocycles. The van der Waals surface area contributed by atoms with Gasteiger partial charge in [-0.15, -0.1) is 0 Å². The van der Waals surface area contributed by atoms with E-state index in [1.54, 1.807) is 12.1 Å². The van der Waals surface area contributed by atoms with Crippen molar-refractivity contribution in [3.8, 4) is 5.75 Å². The lowest BCUT2D eigenvalue weighted by atomic mass is 10.2. The van der Waals surface area contributed by atoms with Crippen LogP contribution in [0.5, 0.6) is 5.75 Å². The van der Waals surface area contributed by atoms with E-state index in [1.165, 1.54) is 0 Å². The summed E-state index contributed by atoms with van der Waals surface area (Å²) in [5.41, 5.74) is 2.35. The SMILES string of the molecule is CCNc1ccc(C(=O)Nc2cccc(OCC)c2)cc1. The van der Waals surface area contributed by atoms with Crippen LogP contribution in [0.2, 0.25) is 0 Å². The van der Waals surface area contributed by atoms with Gasteiger partial charge in [0.15, 0.2) is 0 Å². The third kappa shape index (κ3) is 4.24. The average Bonchev–Trinajstić information content (AvgIpc) is 2.49. The molecule has 0 saturated carbocycles. The fraction of sp³-hybridized carbons (Fsp3) is 0.235. The normalized spacial score (nSPS) is 10.0. The van der Waals surface area contributed by atoms with Crippen LogP contribution in [-0.2, 0) is 0 Å². The number of amides is 1. The molecule has 0 atom stereocenters. The zero-order valence-electron chi connectivity index (χ0n) is 12.3. The number of hydrogen-bond acceptors (Lipinski definition) is 3. The highest BCUT2D eigenvalue weighted by molar-refractivity contribution is 6.04. The van der Waals surface area contributed by atoms with E-state index in [-0.39, 0.29) is 5.91 Å². The molecule has 2 N–H and O–H groups in total. The van der Waals surface area contributed by atoms with Crippen molar-refractivity contribution in [2.75, 3.05) is 23.8 Å². The molecule has 1 amide bonds. The molecule has 0 fully saturated rings. The number of ether oxygens (including phenoxy) is 1. The average molecular weight is 284 g/mol. The molecular formula is C17H20N2O2. The van der Waals surface area contributed by atoms with Gasteiger partial charge in [0, 0.05) is 29.5 Å². The Morgan fingerprint density at radius 2 is 1.81 bits per heavy atom. The third-order valence-electron chi connectivity index (χ3n) is 2.93. The molecule has 0 heterocycles. The molecular weight excluding hydrogens is 264 g/mol. The Bertz CT molecular complexity index is 594. The Kier molecular flexibility index (Phi) is 5.21. The summed E-state index contributed by atoms with van der Waals surface area (Å²) in [6.07, 6.45) is 0. The molecule has 110 valence electrons. The maximum atomic E-state index is 12.2. The second-order valence-corrected chi connectivity index (χ2v) is 4.52. The third-order valence-corrected chi connectivity index (χ3v) is 2.93. The number of rotatable bonds is 6. The first kappa shape index (κ1) is 14.9. The van der Waals surface area contributed by atoms with Gasteiger partial charge in [-0.25, -0.2) is 0 Å². The summed E-state index contributed by atoms with van der Waals surface area (Å²) in [4.78, 5) is 12.2. The second-order valence-electron chi connectivity index (χ2n) is 4.52. The highest BCUT2D eigenvalue weighted by Gasteiger charge is 2.06. The largest absolute Gasteiger partial charge is 0.494 e. The number of carbonyl (C=O) groups excluding carboxylic acids is 1. The van der Waals surface area contributed by atoms with Crippen molar-refractivity contribution in [2.45, 2.75) is 13.8 Å². The molecule has 2 rings (SSSR count). The fourth-order valence-corrected chi connectivity index (χ4v) is 1.98. The molecule has 0 aliphatic rings. The van der Waals surface area contributed by atoms with Crippen LogP contribution in [0, 0.1) is 0 Å². The minimum atomic E-state index is -0.133. The van der Waals surface area contributed by atoms with Gasteiger partial charge in [-0.05, 0) is 50.2 Å². The van der Waals surface area contributed by atoms with Gasteiger partial charge < -0.3 is 15.4 Å². The van der Waals surface area contributed by atoms with Crippen LogP contribution in [0.4, 0.5) is 11.4 Å². The summed E-state index contributed by atoms with van der Waals surface area (Å²) in [6.45, 7) is 5.42. The van der Waals surface area contributed by atoms with Crippen molar-refractivity contribution in [1.29, 1.82) is 0 Å². The van der Waals surface area contributed by atoms with E-state index in [0.29, 0.717) is 12.2 Å². The molecule has 4 heteroatoms. The van der Waals surface area contributed by atoms with Crippen molar-refractivity contribution < 1.29 is 9.53 Å². The summed E-state index contributed by atoms with van der Waals surface area (Å²) >= 11 is 0. The predicted octanol–water partition coefficient (Wildman–Crippen LogP) is 3.77. The first-order valence-corrected chi connectivity index (χ1v) is 7.11. The van der Waals surface area contributed by atoms with E-state index in [1.807, 2.05) is 50.2 Å². The Labute approximate surface area is 125 Å². The Balaban J connectivity index is 2.05. The molecule has 4 nitrogen and oxygen atoms in total. The molecule has 0 bridgehead atoms. The first-order valence-electron chi connectivity index (χ1n) is 7.11. The number of hydrogen-bond donors (Lipinski definition) is 2. The predicted molar refractivity (Wildman–Crippen MR) is 86.2 cm³/mol. The van der Waals surface area contributed by atoms with Gasteiger partial charge in [0.05, 0.1) is 6.61 Å². The molecule has 0 aliphatic carbocycles. The number of nitrogens with one attached hydrogen (secondary N) is 2. The standard InChI is InChI=1S/C17H20N2O2/c1-3-18-14-10-8-13(9-11-14)17(20)19-15-6-5-7-16(12-15)21-4-2/h5-12,18H,3-4H2,1-2H3,(H,19,20). The van der Waals surface area contributed by atoms with Crippen LogP contribution in [0.1, 0.15) is 24.2 Å². The fourth-order valence-electron chi connectivity index (χ4n) is 1.98. The zero-order valence-corrected chi connectivity index (χ0v) is 12.3. The monoisotopic (exact) mass is 284 g/mol. The minimum Gasteiger partial charge on any atom is -0.494 e. The number of benzene rings is 2. The number of anilines is 2. The Morgan fingerprint density at radius 1 is 1.05 bits per heavy atom. The van der Waals surface area contributed by atoms with Gasteiger partial charge in [0.1, 0.15) is 5.75 Å². The molecule has 0 radical (unpaired) electrons. The zero-order chi connectivity index (χ0) is 15.1. The maximum Gasteiger partial charge on any atom is 0.255 e. The van der Waals surface area contributed by atoms with Gasteiger partial charge in [-0.1, -0.05) is 6.07 Å².